The fourth-order valence-corrected chi connectivity index (χ4v) is 0. The number of rotatable bonds is 0. The van der Waals surface area contributed by atoms with Crippen molar-refractivity contribution < 1.29 is 37.7 Å². The Morgan fingerprint density at radius 1 is 0.500 bits per heavy atom. The molecule has 0 heterocycles. The van der Waals surface area contributed by atoms with Gasteiger partial charge < -0.3 is 0 Å². The summed E-state index contributed by atoms with van der Waals surface area (Å²) in [5.74, 6) is 0. The average Bonchev–Trinajstić information content (AvgIpc) is 0. The second-order valence-electron chi connectivity index (χ2n) is 0. The van der Waals surface area contributed by atoms with Crippen LogP contribution in [0.1, 0.15) is 0 Å². The first kappa shape index (κ1) is 24.8. The van der Waals surface area contributed by atoms with Gasteiger partial charge in [-0.2, -0.15) is 0 Å². The summed E-state index contributed by atoms with van der Waals surface area (Å²) in [5.41, 5.74) is 0. The minimum absolute atomic E-state index is 0. The van der Waals surface area contributed by atoms with Crippen molar-refractivity contribution in [3.8, 4) is 0 Å². The van der Waals surface area contributed by atoms with Crippen LogP contribution in [0, 0.1) is 37.7 Å². The first-order valence-corrected chi connectivity index (χ1v) is 0. The van der Waals surface area contributed by atoms with Crippen molar-refractivity contribution in [2.24, 2.45) is 0 Å². The topological polar surface area (TPSA) is 0 Å². The molecule has 0 nitrogen and oxygen atoms in total. The van der Waals surface area contributed by atoms with Gasteiger partial charge in [-0.3, -0.25) is 0 Å². The molecule has 0 saturated heterocycles. The Kier molecular flexibility index (Phi) is 98.0. The normalized spacial score (nSPS) is 0. The monoisotopic (exact) mass is 510 g/mol. The van der Waals surface area contributed by atoms with Crippen molar-refractivity contribution >= 4 is 77.5 Å². The summed E-state index contributed by atoms with van der Waals surface area (Å²) in [5, 5.41) is 0. The first-order valence-electron chi connectivity index (χ1n) is 0. The molecular weight excluding hydrogens is 509 g/mol. The molecule has 0 unspecified atom stereocenters. The summed E-state index contributed by atoms with van der Waals surface area (Å²) in [7, 11) is 0. The van der Waals surface area contributed by atoms with E-state index in [0.29, 0.717) is 0 Å². The van der Waals surface area contributed by atoms with E-state index in [4.69, 9.17) is 0 Å². The van der Waals surface area contributed by atoms with Gasteiger partial charge >= 0.3 is 0 Å². The third-order valence-corrected chi connectivity index (χ3v) is 0. The second kappa shape index (κ2) is 15.8. The van der Waals surface area contributed by atoms with E-state index in [1.807, 2.05) is 0 Å². The molecule has 0 aromatic carbocycles. The molecule has 0 amide bonds. The maximum atomic E-state index is 0. The summed E-state index contributed by atoms with van der Waals surface area (Å²) in [6.07, 6.45) is 0. The number of hydrogen-bond donors (Lipinski definition) is 0. The average molecular weight is 509 g/mol. The minimum Gasteiger partial charge on any atom is 0 e. The molecule has 0 rings (SSSR count). The molecule has 0 N–H and O–H groups in total. The van der Waals surface area contributed by atoms with E-state index in [1.165, 1.54) is 0 Å². The molecule has 0 aliphatic heterocycles. The molecule has 0 aromatic rings. The third kappa shape index (κ3) is 9.30. The zero-order valence-corrected chi connectivity index (χ0v) is 13.9. The maximum Gasteiger partial charge on any atom is 0 e. The van der Waals surface area contributed by atoms with E-state index in [-0.39, 0.29) is 115 Å². The van der Waals surface area contributed by atoms with Crippen molar-refractivity contribution in [3.05, 3.63) is 0 Å². The molecule has 0 aromatic heterocycles. The molecule has 0 bridgehead atoms. The zero-order chi connectivity index (χ0) is 0. The van der Waals surface area contributed by atoms with E-state index in [0.717, 1.165) is 0 Å². The van der Waals surface area contributed by atoms with Crippen LogP contribution in [0.25, 0.3) is 0 Å². The second-order valence-corrected chi connectivity index (χ2v) is 0. The van der Waals surface area contributed by atoms with Gasteiger partial charge in [-0.15, -0.1) is 0 Å². The van der Waals surface area contributed by atoms with Gasteiger partial charge in [0.05, 0.1) is 0 Å². The SMILES string of the molecule is [Ho].[In].[In].[In]. The molecule has 0 aliphatic rings. The fraction of sp³-hybridized carbons (Fsp3) is 0. The van der Waals surface area contributed by atoms with Crippen LogP contribution >= 0.6 is 0 Å². The van der Waals surface area contributed by atoms with Crippen molar-refractivity contribution in [1.29, 1.82) is 0 Å². The number of hydrogen-bond acceptors (Lipinski definition) is 0. The van der Waals surface area contributed by atoms with Crippen LogP contribution in [-0.2, 0) is 0 Å². The summed E-state index contributed by atoms with van der Waals surface area (Å²) in [6, 6.07) is 0. The van der Waals surface area contributed by atoms with E-state index in [1.54, 1.807) is 0 Å². The summed E-state index contributed by atoms with van der Waals surface area (Å²) in [4.78, 5) is 0. The van der Waals surface area contributed by atoms with Gasteiger partial charge in [0.15, 0.2) is 0 Å². The van der Waals surface area contributed by atoms with Crippen LogP contribution in [0.4, 0.5) is 0 Å². The summed E-state index contributed by atoms with van der Waals surface area (Å²) < 4.78 is 0. The smallest absolute Gasteiger partial charge is 0 e. The van der Waals surface area contributed by atoms with Crippen LogP contribution in [0.15, 0.2) is 0 Å². The largest absolute Gasteiger partial charge is 0 e. The fourth-order valence-electron chi connectivity index (χ4n) is 0. The Balaban J connectivity index is 0. The minimum atomic E-state index is 0. The van der Waals surface area contributed by atoms with Crippen LogP contribution in [0.5, 0.6) is 0 Å². The van der Waals surface area contributed by atoms with E-state index >= 15 is 0 Å². The standard InChI is InChI=1S/Ho.3In. The molecule has 0 fully saturated rings. The summed E-state index contributed by atoms with van der Waals surface area (Å²) >= 11 is 0. The van der Waals surface area contributed by atoms with Gasteiger partial charge in [-0.1, -0.05) is 0 Å². The van der Waals surface area contributed by atoms with Gasteiger partial charge in [-0.25, -0.2) is 0 Å². The van der Waals surface area contributed by atoms with E-state index < -0.39 is 0 Å². The van der Waals surface area contributed by atoms with Crippen LogP contribution < -0.4 is 0 Å². The summed E-state index contributed by atoms with van der Waals surface area (Å²) in [6.45, 7) is 0. The Hall–Kier alpha value is 3.87. The van der Waals surface area contributed by atoms with E-state index in [9.17, 15) is 0 Å². The molecule has 20 valence electrons. The third-order valence-electron chi connectivity index (χ3n) is 0. The Labute approximate surface area is 112 Å². The van der Waals surface area contributed by atoms with Gasteiger partial charge in [0.25, 0.3) is 0 Å². The Bertz CT molecular complexity index is 3.25. The van der Waals surface area contributed by atoms with Gasteiger partial charge in [0, 0.05) is 115 Å². The molecular formula is HoIn3. The molecule has 4 heteroatoms. The van der Waals surface area contributed by atoms with Gasteiger partial charge in [-0.05, 0) is 0 Å². The molecule has 0 saturated carbocycles. The molecule has 0 spiro atoms. The van der Waals surface area contributed by atoms with Crippen LogP contribution in [0.2, 0.25) is 0 Å². The van der Waals surface area contributed by atoms with Crippen molar-refractivity contribution in [3.63, 3.8) is 0 Å². The molecule has 0 aliphatic carbocycles. The van der Waals surface area contributed by atoms with Crippen molar-refractivity contribution in [2.45, 2.75) is 0 Å². The van der Waals surface area contributed by atoms with Crippen LogP contribution in [-0.4, -0.2) is 77.5 Å². The molecule has 4 heavy (non-hydrogen) atoms. The van der Waals surface area contributed by atoms with Gasteiger partial charge in [0.1, 0.15) is 0 Å². The van der Waals surface area contributed by atoms with Crippen molar-refractivity contribution in [2.75, 3.05) is 0 Å². The predicted octanol–water partition coefficient (Wildman–Crippen LogP) is -1.14. The Morgan fingerprint density at radius 2 is 0.500 bits per heavy atom. The predicted molar refractivity (Wildman–Crippen MR) is 17.3 cm³/mol. The molecule has 0 atom stereocenters. The maximum absolute atomic E-state index is 0. The first-order chi connectivity index (χ1) is 0. The molecule has 10 radical (unpaired) electrons. The quantitative estimate of drug-likeness (QED) is 0.363. The van der Waals surface area contributed by atoms with E-state index in [2.05, 4.69) is 0 Å². The Morgan fingerprint density at radius 3 is 0.500 bits per heavy atom. The zero-order valence-electron chi connectivity index (χ0n) is 2.03. The van der Waals surface area contributed by atoms with Gasteiger partial charge in [0.2, 0.25) is 0 Å². The van der Waals surface area contributed by atoms with Crippen molar-refractivity contribution in [1.82, 2.24) is 0 Å². The van der Waals surface area contributed by atoms with Crippen LogP contribution in [0.3, 0.4) is 0 Å².